The van der Waals surface area contributed by atoms with Crippen molar-refractivity contribution in [3.05, 3.63) is 71.3 Å². The zero-order valence-electron chi connectivity index (χ0n) is 13.2. The Kier molecular flexibility index (Phi) is 4.55. The quantitative estimate of drug-likeness (QED) is 0.352. The van der Waals surface area contributed by atoms with E-state index in [9.17, 15) is 0 Å². The first-order valence-corrected chi connectivity index (χ1v) is 7.85. The van der Waals surface area contributed by atoms with Gasteiger partial charge in [-0.1, -0.05) is 0 Å². The molecule has 0 spiro atoms. The van der Waals surface area contributed by atoms with Crippen molar-refractivity contribution < 1.29 is 49.4 Å². The molecule has 1 radical (unpaired) electrons. The Morgan fingerprint density at radius 1 is 0.480 bits per heavy atom. The van der Waals surface area contributed by atoms with Gasteiger partial charge in [-0.3, -0.25) is 0 Å². The Morgan fingerprint density at radius 2 is 0.840 bits per heavy atom. The van der Waals surface area contributed by atoms with E-state index in [4.69, 9.17) is 0 Å². The molecule has 2 aliphatic heterocycles. The monoisotopic (exact) mass is 463 g/mol. The zero-order valence-corrected chi connectivity index (χ0v) is 15.6. The molecule has 0 amide bonds. The van der Waals surface area contributed by atoms with Gasteiger partial charge < -0.3 is 9.97 Å². The summed E-state index contributed by atoms with van der Waals surface area (Å²) in [6, 6.07) is 16.4. The first-order chi connectivity index (χ1) is 11.8. The molecule has 3 aromatic rings. The second kappa shape index (κ2) is 6.83. The second-order valence-electron chi connectivity index (χ2n) is 5.91. The third-order valence-electron chi connectivity index (χ3n) is 4.04. The van der Waals surface area contributed by atoms with Gasteiger partial charge in [0.2, 0.25) is 0 Å². The van der Waals surface area contributed by atoms with Gasteiger partial charge in [-0.05, 0) is 72.8 Å². The van der Waals surface area contributed by atoms with E-state index in [1.165, 1.54) is 0 Å². The van der Waals surface area contributed by atoms with E-state index in [0.29, 0.717) is 0 Å². The van der Waals surface area contributed by atoms with Gasteiger partial charge in [-0.25, -0.2) is 9.97 Å². The molecule has 0 aliphatic carbocycles. The predicted molar refractivity (Wildman–Crippen MR) is 98.9 cm³/mol. The van der Waals surface area contributed by atoms with Crippen molar-refractivity contribution in [1.29, 1.82) is 0 Å². The fourth-order valence-corrected chi connectivity index (χ4v) is 2.94. The summed E-state index contributed by atoms with van der Waals surface area (Å²) < 4.78 is 0. The minimum Gasteiger partial charge on any atom is -0.355 e. The summed E-state index contributed by atoms with van der Waals surface area (Å²) in [6.45, 7) is 0. The molecular weight excluding hydrogens is 448 g/mol. The van der Waals surface area contributed by atoms with E-state index >= 15 is 0 Å². The van der Waals surface area contributed by atoms with Crippen LogP contribution in [0.2, 0.25) is 0 Å². The first kappa shape index (κ1) is 16.6. The molecule has 5 heterocycles. The van der Waals surface area contributed by atoms with E-state index < -0.39 is 0 Å². The number of aromatic amines is 2. The number of nitrogens with one attached hydrogen (secondary N) is 2. The summed E-state index contributed by atoms with van der Waals surface area (Å²) in [7, 11) is 0. The fourth-order valence-electron chi connectivity index (χ4n) is 2.94. The molecule has 0 saturated heterocycles. The molecular formula is C20H14EuN4. The smallest absolute Gasteiger partial charge is 0.0659 e. The van der Waals surface area contributed by atoms with Gasteiger partial charge >= 0.3 is 0 Å². The number of fused-ring (bicyclic) bond motifs is 8. The molecule has 3 aromatic heterocycles. The maximum atomic E-state index is 4.62. The van der Waals surface area contributed by atoms with Gasteiger partial charge in [0.1, 0.15) is 0 Å². The molecule has 5 rings (SSSR count). The zero-order chi connectivity index (χ0) is 15.9. The number of rotatable bonds is 0. The van der Waals surface area contributed by atoms with Gasteiger partial charge in [-0.2, -0.15) is 0 Å². The number of hydrogen-bond acceptors (Lipinski definition) is 2. The first-order valence-electron chi connectivity index (χ1n) is 7.85. The third-order valence-corrected chi connectivity index (χ3v) is 4.04. The summed E-state index contributed by atoms with van der Waals surface area (Å²) in [4.78, 5) is 16.0. The predicted octanol–water partition coefficient (Wildman–Crippen LogP) is 4.66. The molecule has 0 aromatic carbocycles. The van der Waals surface area contributed by atoms with Crippen molar-refractivity contribution in [2.24, 2.45) is 0 Å². The summed E-state index contributed by atoms with van der Waals surface area (Å²) in [5.74, 6) is 0. The molecule has 0 unspecified atom stereocenters. The fraction of sp³-hybridized carbons (Fsp3) is 0. The van der Waals surface area contributed by atoms with E-state index in [-0.39, 0.29) is 49.4 Å². The second-order valence-corrected chi connectivity index (χ2v) is 5.91. The summed E-state index contributed by atoms with van der Waals surface area (Å²) in [6.07, 6.45) is 8.05. The molecule has 5 heteroatoms. The van der Waals surface area contributed by atoms with Crippen LogP contribution in [0.3, 0.4) is 0 Å². The molecule has 0 fully saturated rings. The molecule has 0 saturated carbocycles. The van der Waals surface area contributed by atoms with Crippen molar-refractivity contribution in [2.45, 2.75) is 0 Å². The Hall–Kier alpha value is -1.82. The Balaban J connectivity index is 0.00000157. The van der Waals surface area contributed by atoms with Crippen molar-refractivity contribution in [1.82, 2.24) is 19.9 Å². The number of aromatic nitrogens is 4. The third kappa shape index (κ3) is 3.59. The Morgan fingerprint density at radius 3 is 1.28 bits per heavy atom. The van der Waals surface area contributed by atoms with Gasteiger partial charge in [-0.15, -0.1) is 0 Å². The van der Waals surface area contributed by atoms with Crippen molar-refractivity contribution in [3.8, 4) is 0 Å². The number of hydrogen-bond donors (Lipinski definition) is 2. The molecule has 121 valence electrons. The maximum absolute atomic E-state index is 4.62. The van der Waals surface area contributed by atoms with Gasteiger partial charge in [0, 0.05) is 71.4 Å². The molecule has 0 atom stereocenters. The van der Waals surface area contributed by atoms with Crippen LogP contribution in [-0.4, -0.2) is 19.9 Å². The minimum absolute atomic E-state index is 0. The van der Waals surface area contributed by atoms with Crippen molar-refractivity contribution in [2.75, 3.05) is 0 Å². The van der Waals surface area contributed by atoms with E-state index in [0.717, 1.165) is 44.8 Å². The topological polar surface area (TPSA) is 57.4 Å². The molecule has 25 heavy (non-hydrogen) atoms. The van der Waals surface area contributed by atoms with Crippen LogP contribution in [0.5, 0.6) is 0 Å². The maximum Gasteiger partial charge on any atom is 0.0659 e. The van der Waals surface area contributed by atoms with E-state index in [2.05, 4.69) is 50.3 Å². The Labute approximate surface area is 185 Å². The largest absolute Gasteiger partial charge is 0.355 e. The van der Waals surface area contributed by atoms with Gasteiger partial charge in [0.15, 0.2) is 0 Å². The van der Waals surface area contributed by atoms with Crippen LogP contribution in [0.1, 0.15) is 22.8 Å². The van der Waals surface area contributed by atoms with Crippen LogP contribution in [0.25, 0.3) is 46.4 Å². The van der Waals surface area contributed by atoms with Crippen LogP contribution >= 0.6 is 0 Å². The van der Waals surface area contributed by atoms with Crippen LogP contribution in [0, 0.1) is 49.4 Å². The minimum atomic E-state index is 0. The SMILES string of the molecule is C1=Cc2cc3ccc(cc4ccc(cc5nc(cc1n2)C=C5)[nH]4)[nH]3.[Eu]. The van der Waals surface area contributed by atoms with Crippen molar-refractivity contribution >= 4 is 46.4 Å². The molecule has 4 nitrogen and oxygen atoms in total. The number of H-pyrrole nitrogens is 2. The Bertz CT molecular complexity index is 1080. The van der Waals surface area contributed by atoms with Crippen LogP contribution < -0.4 is 0 Å². The van der Waals surface area contributed by atoms with E-state index in [1.807, 2.05) is 42.5 Å². The summed E-state index contributed by atoms with van der Waals surface area (Å²) >= 11 is 0. The average Bonchev–Trinajstić information content (AvgIpc) is 3.32. The van der Waals surface area contributed by atoms with Crippen LogP contribution in [0.4, 0.5) is 0 Å². The standard InChI is InChI=1S/C20H14N4.Eu/c1-2-14-10-16-5-6-18(23-16)12-20-8-7-19(24-20)11-17-4-3-15(22-17)9-13(1)21-14;/h1-12,21-22H;. The summed E-state index contributed by atoms with van der Waals surface area (Å²) in [5, 5.41) is 0. The van der Waals surface area contributed by atoms with Gasteiger partial charge in [0.25, 0.3) is 0 Å². The summed E-state index contributed by atoms with van der Waals surface area (Å²) in [5.41, 5.74) is 7.86. The number of nitrogens with zero attached hydrogens (tertiary/aromatic N) is 2. The van der Waals surface area contributed by atoms with Crippen molar-refractivity contribution in [3.63, 3.8) is 0 Å². The molecule has 8 bridgehead atoms. The van der Waals surface area contributed by atoms with E-state index in [1.54, 1.807) is 0 Å². The average molecular weight is 462 g/mol. The van der Waals surface area contributed by atoms with Crippen LogP contribution in [0.15, 0.2) is 48.5 Å². The molecule has 2 aliphatic rings. The molecule has 2 N–H and O–H groups in total. The normalized spacial score (nSPS) is 12.2. The van der Waals surface area contributed by atoms with Gasteiger partial charge in [0.05, 0.1) is 22.8 Å². The van der Waals surface area contributed by atoms with Crippen LogP contribution in [-0.2, 0) is 0 Å².